The fraction of sp³-hybridized carbons (Fsp3) is 0.478. The lowest BCUT2D eigenvalue weighted by Gasteiger charge is -2.12. The molecule has 1 N–H and O–H groups in total. The molecule has 0 radical (unpaired) electrons. The van der Waals surface area contributed by atoms with Gasteiger partial charge in [-0.15, -0.1) is 11.8 Å². The number of hydrogen-bond acceptors (Lipinski definition) is 7. The predicted octanol–water partition coefficient (Wildman–Crippen LogP) is 6.00. The van der Waals surface area contributed by atoms with Crippen LogP contribution in [0.5, 0.6) is 0 Å². The van der Waals surface area contributed by atoms with E-state index < -0.39 is 5.91 Å². The maximum atomic E-state index is 12.8. The van der Waals surface area contributed by atoms with Crippen LogP contribution in [-0.4, -0.2) is 36.2 Å². The van der Waals surface area contributed by atoms with E-state index in [-0.39, 0.29) is 21.9 Å². The highest BCUT2D eigenvalue weighted by atomic mass is 32.2. The minimum Gasteiger partial charge on any atom is -0.392 e. The molecule has 6 nitrogen and oxygen atoms in total. The number of nitrogens with zero attached hydrogens (tertiary/aromatic N) is 3. The summed E-state index contributed by atoms with van der Waals surface area (Å²) in [6, 6.07) is 9.46. The first-order chi connectivity index (χ1) is 15.1. The zero-order chi connectivity index (χ0) is 23.6. The number of benzene rings is 1. The zero-order valence-corrected chi connectivity index (χ0v) is 21.0. The number of nitrogens with one attached hydrogen (secondary N) is 1. The lowest BCUT2D eigenvalue weighted by atomic mass is 10.1. The highest BCUT2D eigenvalue weighted by Crippen LogP contribution is 2.22. The molecule has 0 aliphatic heterocycles. The largest absolute Gasteiger partial charge is 0.392 e. The third kappa shape index (κ3) is 10.6. The molecule has 8 heteroatoms. The molecule has 170 valence electrons. The van der Waals surface area contributed by atoms with Crippen LogP contribution < -0.4 is 5.32 Å². The summed E-state index contributed by atoms with van der Waals surface area (Å²) in [5.74, 6) is -0.441. The highest BCUT2D eigenvalue weighted by molar-refractivity contribution is 8.17. The lowest BCUT2D eigenvalue weighted by molar-refractivity contribution is -0.113. The molecule has 0 atom stereocenters. The second kappa shape index (κ2) is 17.4. The zero-order valence-electron chi connectivity index (χ0n) is 19.4. The van der Waals surface area contributed by atoms with E-state index >= 15 is 0 Å². The number of nitriles is 1. The van der Waals surface area contributed by atoms with Crippen LogP contribution in [0.25, 0.3) is 0 Å². The molecule has 1 aliphatic rings. The van der Waals surface area contributed by atoms with Gasteiger partial charge in [0.2, 0.25) is 0 Å². The van der Waals surface area contributed by atoms with Crippen LogP contribution in [0, 0.1) is 11.3 Å². The maximum absolute atomic E-state index is 12.8. The number of oxime groups is 1. The number of rotatable bonds is 6. The molecule has 0 spiro atoms. The van der Waals surface area contributed by atoms with Crippen molar-refractivity contribution in [1.29, 1.82) is 5.26 Å². The summed E-state index contributed by atoms with van der Waals surface area (Å²) in [4.78, 5) is 23.7. The Hall–Kier alpha value is -2.24. The summed E-state index contributed by atoms with van der Waals surface area (Å²) >= 11 is 2.62. The van der Waals surface area contributed by atoms with Crippen LogP contribution in [0.1, 0.15) is 58.9 Å². The van der Waals surface area contributed by atoms with Crippen LogP contribution in [0.3, 0.4) is 0 Å². The number of carbonyl (C=O) groups is 1. The van der Waals surface area contributed by atoms with E-state index in [0.717, 1.165) is 42.3 Å². The first-order valence-corrected chi connectivity index (χ1v) is 12.5. The fourth-order valence-corrected chi connectivity index (χ4v) is 3.44. The van der Waals surface area contributed by atoms with Gasteiger partial charge in [-0.3, -0.25) is 15.1 Å². The standard InChI is InChI=1S/C19H22N4O2S2.2C2H6/c1-13(12-20)27-19(21-2)22-18(24)17(23-25-15-6-4-5-7-15)14-8-10-16(26-3)11-9-14;2*1-2/h8-11,15H,1,4-7H2,2-3H3,(H,21,22,24);2*1-2H3/b23-17+;;. The Bertz CT molecular complexity index is 778. The molecule has 1 aromatic rings. The van der Waals surface area contributed by atoms with Crippen molar-refractivity contribution in [2.45, 2.75) is 64.4 Å². The summed E-state index contributed by atoms with van der Waals surface area (Å²) in [6.45, 7) is 11.6. The van der Waals surface area contributed by atoms with Gasteiger partial charge in [-0.1, -0.05) is 51.6 Å². The number of aliphatic imine (C=N–C) groups is 1. The maximum Gasteiger partial charge on any atom is 0.279 e. The van der Waals surface area contributed by atoms with E-state index in [4.69, 9.17) is 10.1 Å². The molecule has 0 heterocycles. The fourth-order valence-electron chi connectivity index (χ4n) is 2.52. The van der Waals surface area contributed by atoms with E-state index in [1.165, 1.54) is 7.05 Å². The van der Waals surface area contributed by atoms with Gasteiger partial charge in [0.05, 0.1) is 4.91 Å². The van der Waals surface area contributed by atoms with Gasteiger partial charge in [-0.05, 0) is 55.8 Å². The normalized spacial score (nSPS) is 13.7. The van der Waals surface area contributed by atoms with Crippen LogP contribution >= 0.6 is 23.5 Å². The molecule has 0 aromatic heterocycles. The van der Waals surface area contributed by atoms with Crippen molar-refractivity contribution in [2.24, 2.45) is 10.1 Å². The van der Waals surface area contributed by atoms with Crippen molar-refractivity contribution in [1.82, 2.24) is 5.32 Å². The van der Waals surface area contributed by atoms with Gasteiger partial charge in [0.25, 0.3) is 5.91 Å². The number of carbonyl (C=O) groups excluding carboxylic acids is 1. The van der Waals surface area contributed by atoms with Gasteiger partial charge >= 0.3 is 0 Å². The van der Waals surface area contributed by atoms with Crippen molar-refractivity contribution in [3.05, 3.63) is 41.3 Å². The molecular weight excluding hydrogens is 428 g/mol. The molecule has 1 amide bonds. The number of amides is 1. The summed E-state index contributed by atoms with van der Waals surface area (Å²) in [5, 5.41) is 16.0. The summed E-state index contributed by atoms with van der Waals surface area (Å²) < 4.78 is 0. The van der Waals surface area contributed by atoms with E-state index in [0.29, 0.717) is 5.56 Å². The average Bonchev–Trinajstić information content (AvgIpc) is 3.35. The number of thioether (sulfide) groups is 2. The minimum atomic E-state index is -0.441. The molecule has 1 aliphatic carbocycles. The van der Waals surface area contributed by atoms with E-state index in [2.05, 4.69) is 22.0 Å². The molecule has 0 saturated heterocycles. The Balaban J connectivity index is 0.00000212. The Labute approximate surface area is 195 Å². The highest BCUT2D eigenvalue weighted by Gasteiger charge is 2.21. The van der Waals surface area contributed by atoms with Crippen molar-refractivity contribution in [3.63, 3.8) is 0 Å². The van der Waals surface area contributed by atoms with E-state index in [9.17, 15) is 4.79 Å². The third-order valence-electron chi connectivity index (χ3n) is 3.94. The summed E-state index contributed by atoms with van der Waals surface area (Å²) in [5.41, 5.74) is 0.835. The lowest BCUT2D eigenvalue weighted by Crippen LogP contribution is -2.35. The van der Waals surface area contributed by atoms with Crippen LogP contribution in [0.4, 0.5) is 0 Å². The van der Waals surface area contributed by atoms with Gasteiger partial charge in [0.1, 0.15) is 12.2 Å². The van der Waals surface area contributed by atoms with Gasteiger partial charge in [-0.25, -0.2) is 0 Å². The van der Waals surface area contributed by atoms with Crippen LogP contribution in [0.2, 0.25) is 0 Å². The van der Waals surface area contributed by atoms with Crippen molar-refractivity contribution in [3.8, 4) is 6.07 Å². The number of amidine groups is 1. The first-order valence-electron chi connectivity index (χ1n) is 10.5. The van der Waals surface area contributed by atoms with Gasteiger partial charge in [0.15, 0.2) is 10.9 Å². The molecular formula is C23H34N4O2S2. The Kier molecular flexibility index (Phi) is 16.2. The molecule has 1 fully saturated rings. The molecule has 0 bridgehead atoms. The average molecular weight is 463 g/mol. The second-order valence-electron chi connectivity index (χ2n) is 5.80. The summed E-state index contributed by atoms with van der Waals surface area (Å²) in [6.07, 6.45) is 6.16. The molecule has 1 saturated carbocycles. The number of allylic oxidation sites excluding steroid dienone is 1. The Morgan fingerprint density at radius 3 is 2.26 bits per heavy atom. The Morgan fingerprint density at radius 1 is 1.19 bits per heavy atom. The SMILES string of the molecule is C=C(C#N)SC(=NC)NC(=O)/C(=N/OC1CCCC1)c1ccc(SC)cc1.CC.CC. The van der Waals surface area contributed by atoms with Crippen molar-refractivity contribution >= 4 is 40.3 Å². The van der Waals surface area contributed by atoms with Crippen LogP contribution in [-0.2, 0) is 9.63 Å². The van der Waals surface area contributed by atoms with Gasteiger partial charge < -0.3 is 4.84 Å². The van der Waals surface area contributed by atoms with Gasteiger partial charge in [0, 0.05) is 17.5 Å². The Morgan fingerprint density at radius 2 is 1.77 bits per heavy atom. The molecule has 0 unspecified atom stereocenters. The van der Waals surface area contributed by atoms with Gasteiger partial charge in [-0.2, -0.15) is 5.26 Å². The predicted molar refractivity (Wildman–Crippen MR) is 135 cm³/mol. The molecule has 2 rings (SSSR count). The topological polar surface area (TPSA) is 86.8 Å². The van der Waals surface area contributed by atoms with E-state index in [1.807, 2.05) is 64.3 Å². The molecule has 1 aromatic carbocycles. The smallest absolute Gasteiger partial charge is 0.279 e. The third-order valence-corrected chi connectivity index (χ3v) is 5.50. The first kappa shape index (κ1) is 28.8. The number of hydrogen-bond donors (Lipinski definition) is 1. The van der Waals surface area contributed by atoms with E-state index in [1.54, 1.807) is 11.8 Å². The quantitative estimate of drug-likeness (QED) is 0.184. The monoisotopic (exact) mass is 462 g/mol. The van der Waals surface area contributed by atoms with Crippen molar-refractivity contribution in [2.75, 3.05) is 13.3 Å². The van der Waals surface area contributed by atoms with Crippen LogP contribution in [0.15, 0.2) is 50.8 Å². The van der Waals surface area contributed by atoms with Crippen molar-refractivity contribution < 1.29 is 9.63 Å². The minimum absolute atomic E-state index is 0.0466. The molecule has 31 heavy (non-hydrogen) atoms. The second-order valence-corrected chi connectivity index (χ2v) is 7.76. The summed E-state index contributed by atoms with van der Waals surface area (Å²) in [7, 11) is 1.53.